The number of dihydropyridines is 1. The van der Waals surface area contributed by atoms with Crippen molar-refractivity contribution in [1.82, 2.24) is 10.6 Å². The quantitative estimate of drug-likeness (QED) is 0.517. The Bertz CT molecular complexity index is 383. The van der Waals surface area contributed by atoms with Gasteiger partial charge in [-0.05, 0) is 6.42 Å². The van der Waals surface area contributed by atoms with Gasteiger partial charge in [-0.2, -0.15) is 0 Å². The molecule has 0 aromatic heterocycles. The van der Waals surface area contributed by atoms with Gasteiger partial charge >= 0.3 is 0 Å². The van der Waals surface area contributed by atoms with Crippen molar-refractivity contribution >= 4 is 10.0 Å². The van der Waals surface area contributed by atoms with Crippen LogP contribution >= 0.6 is 0 Å². The monoisotopic (exact) mass is 201 g/mol. The van der Waals surface area contributed by atoms with Gasteiger partial charge in [0.25, 0.3) is 0 Å². The Balaban J connectivity index is 2.37. The standard InChI is InChI=1S/C7H11N3O2S/c8-13(11,12)7-4-9-3-6-5(7)1-2-10-6/h3-5,9-10H,1-2H2,(H2,8,11,12). The highest BCUT2D eigenvalue weighted by molar-refractivity contribution is 7.93. The van der Waals surface area contributed by atoms with E-state index in [0.717, 1.165) is 18.7 Å². The highest BCUT2D eigenvalue weighted by Gasteiger charge is 2.32. The molecule has 0 amide bonds. The minimum absolute atomic E-state index is 0.0729. The fraction of sp³-hybridized carbons (Fsp3) is 0.429. The van der Waals surface area contributed by atoms with E-state index in [9.17, 15) is 8.42 Å². The summed E-state index contributed by atoms with van der Waals surface area (Å²) in [5, 5.41) is 10.9. The van der Waals surface area contributed by atoms with Gasteiger partial charge in [0.05, 0.1) is 4.91 Å². The second-order valence-electron chi connectivity index (χ2n) is 3.13. The van der Waals surface area contributed by atoms with Gasteiger partial charge in [0, 0.05) is 30.6 Å². The molecular formula is C7H11N3O2S. The average Bonchev–Trinajstić information content (AvgIpc) is 2.48. The molecule has 1 saturated heterocycles. The normalized spacial score (nSPS) is 26.7. The van der Waals surface area contributed by atoms with E-state index < -0.39 is 10.0 Å². The number of primary sulfonamides is 1. The van der Waals surface area contributed by atoms with E-state index in [-0.39, 0.29) is 10.8 Å². The Morgan fingerprint density at radius 2 is 2.23 bits per heavy atom. The zero-order chi connectivity index (χ0) is 9.47. The second kappa shape index (κ2) is 2.74. The topological polar surface area (TPSA) is 84.2 Å². The molecule has 2 heterocycles. The van der Waals surface area contributed by atoms with Crippen LogP contribution in [0.25, 0.3) is 0 Å². The predicted octanol–water partition coefficient (Wildman–Crippen LogP) is -0.830. The van der Waals surface area contributed by atoms with Crippen molar-refractivity contribution < 1.29 is 8.42 Å². The third-order valence-electron chi connectivity index (χ3n) is 2.27. The number of hydrogen-bond acceptors (Lipinski definition) is 4. The molecule has 0 aromatic rings. The van der Waals surface area contributed by atoms with Gasteiger partial charge in [0.2, 0.25) is 10.0 Å². The molecule has 0 aromatic carbocycles. The maximum atomic E-state index is 11.1. The smallest absolute Gasteiger partial charge is 0.236 e. The molecule has 0 bridgehead atoms. The molecule has 13 heavy (non-hydrogen) atoms. The Hall–Kier alpha value is -1.01. The van der Waals surface area contributed by atoms with Crippen LogP contribution in [0, 0.1) is 5.92 Å². The molecule has 0 spiro atoms. The van der Waals surface area contributed by atoms with Crippen molar-refractivity contribution in [2.24, 2.45) is 11.1 Å². The molecule has 72 valence electrons. The minimum atomic E-state index is -3.56. The summed E-state index contributed by atoms with van der Waals surface area (Å²) in [6.45, 7) is 0.797. The van der Waals surface area contributed by atoms with Crippen molar-refractivity contribution in [2.75, 3.05) is 6.54 Å². The fourth-order valence-corrected chi connectivity index (χ4v) is 2.55. The summed E-state index contributed by atoms with van der Waals surface area (Å²) in [6.07, 6.45) is 4.01. The maximum absolute atomic E-state index is 11.1. The summed E-state index contributed by atoms with van der Waals surface area (Å²) < 4.78 is 22.3. The Kier molecular flexibility index (Phi) is 1.81. The molecule has 2 aliphatic heterocycles. The molecular weight excluding hydrogens is 190 g/mol. The average molecular weight is 201 g/mol. The number of nitrogens with two attached hydrogens (primary N) is 1. The molecule has 6 heteroatoms. The molecule has 1 unspecified atom stereocenters. The first-order valence-corrected chi connectivity index (χ1v) is 5.56. The summed E-state index contributed by atoms with van der Waals surface area (Å²) in [6, 6.07) is 0. The predicted molar refractivity (Wildman–Crippen MR) is 48.5 cm³/mol. The lowest BCUT2D eigenvalue weighted by Gasteiger charge is -2.18. The number of allylic oxidation sites excluding steroid dienone is 1. The summed E-state index contributed by atoms with van der Waals surface area (Å²) in [5.74, 6) is -0.0729. The third kappa shape index (κ3) is 1.42. The minimum Gasteiger partial charge on any atom is -0.387 e. The van der Waals surface area contributed by atoms with Gasteiger partial charge < -0.3 is 10.6 Å². The zero-order valence-corrected chi connectivity index (χ0v) is 7.76. The van der Waals surface area contributed by atoms with Crippen LogP contribution in [0.5, 0.6) is 0 Å². The van der Waals surface area contributed by atoms with E-state index in [1.165, 1.54) is 6.20 Å². The van der Waals surface area contributed by atoms with Crippen molar-refractivity contribution in [2.45, 2.75) is 6.42 Å². The Morgan fingerprint density at radius 3 is 2.92 bits per heavy atom. The first-order chi connectivity index (χ1) is 6.09. The summed E-state index contributed by atoms with van der Waals surface area (Å²) in [5.41, 5.74) is 0.909. The van der Waals surface area contributed by atoms with Gasteiger partial charge in [-0.15, -0.1) is 0 Å². The molecule has 0 saturated carbocycles. The van der Waals surface area contributed by atoms with E-state index in [1.54, 1.807) is 6.20 Å². The van der Waals surface area contributed by atoms with E-state index in [1.807, 2.05) is 0 Å². The third-order valence-corrected chi connectivity index (χ3v) is 3.33. The molecule has 1 atom stereocenters. The van der Waals surface area contributed by atoms with E-state index in [2.05, 4.69) is 10.6 Å². The number of hydrogen-bond donors (Lipinski definition) is 3. The van der Waals surface area contributed by atoms with Gasteiger partial charge in [-0.1, -0.05) is 0 Å². The van der Waals surface area contributed by atoms with Crippen molar-refractivity contribution in [3.8, 4) is 0 Å². The van der Waals surface area contributed by atoms with E-state index in [0.29, 0.717) is 0 Å². The van der Waals surface area contributed by atoms with Crippen LogP contribution < -0.4 is 15.8 Å². The number of nitrogens with one attached hydrogen (secondary N) is 2. The van der Waals surface area contributed by atoms with Crippen molar-refractivity contribution in [1.29, 1.82) is 0 Å². The first-order valence-electron chi connectivity index (χ1n) is 4.02. The lowest BCUT2D eigenvalue weighted by Crippen LogP contribution is -2.26. The Morgan fingerprint density at radius 1 is 1.46 bits per heavy atom. The number of sulfonamides is 1. The largest absolute Gasteiger partial charge is 0.387 e. The second-order valence-corrected chi connectivity index (χ2v) is 4.69. The van der Waals surface area contributed by atoms with Crippen LogP contribution in [0.1, 0.15) is 6.42 Å². The molecule has 0 radical (unpaired) electrons. The highest BCUT2D eigenvalue weighted by Crippen LogP contribution is 2.30. The molecule has 5 nitrogen and oxygen atoms in total. The molecule has 4 N–H and O–H groups in total. The van der Waals surface area contributed by atoms with Crippen LogP contribution in [-0.4, -0.2) is 15.0 Å². The van der Waals surface area contributed by atoms with Gasteiger partial charge in [-0.25, -0.2) is 13.6 Å². The van der Waals surface area contributed by atoms with Gasteiger partial charge in [0.15, 0.2) is 0 Å². The van der Waals surface area contributed by atoms with Gasteiger partial charge in [0.1, 0.15) is 0 Å². The Labute approximate surface area is 76.7 Å². The zero-order valence-electron chi connectivity index (χ0n) is 6.95. The van der Waals surface area contributed by atoms with Crippen LogP contribution in [-0.2, 0) is 10.0 Å². The van der Waals surface area contributed by atoms with Crippen LogP contribution in [0.3, 0.4) is 0 Å². The molecule has 2 rings (SSSR count). The van der Waals surface area contributed by atoms with E-state index in [4.69, 9.17) is 5.14 Å². The molecule has 1 fully saturated rings. The lowest BCUT2D eigenvalue weighted by molar-refractivity contribution is 0.594. The van der Waals surface area contributed by atoms with Crippen LogP contribution in [0.2, 0.25) is 0 Å². The lowest BCUT2D eigenvalue weighted by atomic mass is 10.0. The number of fused-ring (bicyclic) bond motifs is 1. The summed E-state index contributed by atoms with van der Waals surface area (Å²) in [4.78, 5) is 0.273. The molecule has 0 aliphatic carbocycles. The van der Waals surface area contributed by atoms with E-state index >= 15 is 0 Å². The SMILES string of the molecule is NS(=O)(=O)C1=CNC=C2NCCC21. The summed E-state index contributed by atoms with van der Waals surface area (Å²) in [7, 11) is -3.56. The van der Waals surface area contributed by atoms with Crippen LogP contribution in [0.4, 0.5) is 0 Å². The van der Waals surface area contributed by atoms with Crippen LogP contribution in [0.15, 0.2) is 23.0 Å². The van der Waals surface area contributed by atoms with Crippen molar-refractivity contribution in [3.05, 3.63) is 23.0 Å². The molecule has 2 aliphatic rings. The summed E-state index contributed by atoms with van der Waals surface area (Å²) >= 11 is 0. The number of rotatable bonds is 1. The first kappa shape index (κ1) is 8.58. The highest BCUT2D eigenvalue weighted by atomic mass is 32.2. The van der Waals surface area contributed by atoms with Crippen molar-refractivity contribution in [3.63, 3.8) is 0 Å². The maximum Gasteiger partial charge on any atom is 0.236 e. The fourth-order valence-electron chi connectivity index (χ4n) is 1.68. The van der Waals surface area contributed by atoms with Gasteiger partial charge in [-0.3, -0.25) is 0 Å².